The molecule has 1 heteroatoms. The molecule has 0 spiro atoms. The zero-order chi connectivity index (χ0) is 14.8. The minimum Gasteiger partial charge on any atom is -0.508 e. The molecule has 0 aromatic heterocycles. The van der Waals surface area contributed by atoms with Gasteiger partial charge in [-0.1, -0.05) is 63.6 Å². The zero-order valence-electron chi connectivity index (χ0n) is 12.9. The van der Waals surface area contributed by atoms with Gasteiger partial charge in [0.2, 0.25) is 0 Å². The normalized spacial score (nSPS) is 11.6. The van der Waals surface area contributed by atoms with Crippen LogP contribution in [0.2, 0.25) is 0 Å². The van der Waals surface area contributed by atoms with Gasteiger partial charge in [-0.15, -0.1) is 0 Å². The van der Waals surface area contributed by atoms with Gasteiger partial charge in [0.25, 0.3) is 0 Å². The van der Waals surface area contributed by atoms with Crippen molar-refractivity contribution >= 4 is 0 Å². The van der Waals surface area contributed by atoms with Crippen molar-refractivity contribution in [3.8, 4) is 5.75 Å². The molecule has 106 valence electrons. The molecule has 1 nitrogen and oxygen atoms in total. The van der Waals surface area contributed by atoms with Crippen molar-refractivity contribution in [2.24, 2.45) is 0 Å². The summed E-state index contributed by atoms with van der Waals surface area (Å²) in [5.74, 6) is 0.410. The molecule has 0 aliphatic carbocycles. The predicted octanol–water partition coefficient (Wildman–Crippen LogP) is 4.98. The molecular weight excluding hydrogens is 244 g/mol. The van der Waals surface area contributed by atoms with Crippen LogP contribution >= 0.6 is 0 Å². The van der Waals surface area contributed by atoms with Crippen molar-refractivity contribution in [3.63, 3.8) is 0 Å². The highest BCUT2D eigenvalue weighted by molar-refractivity contribution is 5.52. The third-order valence-corrected chi connectivity index (χ3v) is 4.15. The van der Waals surface area contributed by atoms with Crippen LogP contribution < -0.4 is 0 Å². The van der Waals surface area contributed by atoms with Crippen LogP contribution in [-0.2, 0) is 11.8 Å². The summed E-state index contributed by atoms with van der Waals surface area (Å²) in [6, 6.07) is 14.3. The molecule has 0 bridgehead atoms. The molecule has 0 saturated heterocycles. The lowest BCUT2D eigenvalue weighted by atomic mass is 9.74. The van der Waals surface area contributed by atoms with Crippen molar-refractivity contribution in [1.29, 1.82) is 0 Å². The fourth-order valence-corrected chi connectivity index (χ4v) is 3.01. The van der Waals surface area contributed by atoms with E-state index in [0.29, 0.717) is 5.75 Å². The lowest BCUT2D eigenvalue weighted by molar-refractivity contribution is 0.450. The molecule has 0 aliphatic rings. The standard InChI is InChI=1S/C19H24O/c1-5-9-16-14(2)12-13-17(20)18(16)19(3,4)15-10-7-6-8-11-15/h6-8,10-13,20H,5,9H2,1-4H3. The van der Waals surface area contributed by atoms with Crippen LogP contribution in [0.5, 0.6) is 5.75 Å². The number of phenols is 1. The number of benzene rings is 2. The molecule has 0 saturated carbocycles. The number of hydrogen-bond acceptors (Lipinski definition) is 1. The molecule has 0 amide bonds. The Balaban J connectivity index is 2.64. The second-order valence-electron chi connectivity index (χ2n) is 6.00. The summed E-state index contributed by atoms with van der Waals surface area (Å²) >= 11 is 0. The first-order chi connectivity index (χ1) is 9.48. The van der Waals surface area contributed by atoms with Gasteiger partial charge < -0.3 is 5.11 Å². The second-order valence-corrected chi connectivity index (χ2v) is 6.00. The van der Waals surface area contributed by atoms with E-state index < -0.39 is 0 Å². The van der Waals surface area contributed by atoms with Crippen LogP contribution in [0.25, 0.3) is 0 Å². The number of rotatable bonds is 4. The largest absolute Gasteiger partial charge is 0.508 e. The van der Waals surface area contributed by atoms with Gasteiger partial charge in [-0.2, -0.15) is 0 Å². The van der Waals surface area contributed by atoms with E-state index in [-0.39, 0.29) is 5.41 Å². The lowest BCUT2D eigenvalue weighted by Crippen LogP contribution is -2.21. The third kappa shape index (κ3) is 2.58. The minimum absolute atomic E-state index is 0.193. The average Bonchev–Trinajstić information content (AvgIpc) is 2.44. The monoisotopic (exact) mass is 268 g/mol. The molecule has 2 aromatic rings. The van der Waals surface area contributed by atoms with Crippen LogP contribution in [0.15, 0.2) is 42.5 Å². The Morgan fingerprint density at radius 1 is 1.00 bits per heavy atom. The summed E-state index contributed by atoms with van der Waals surface area (Å²) in [5.41, 5.74) is 4.68. The minimum atomic E-state index is -0.193. The molecule has 1 N–H and O–H groups in total. The number of phenolic OH excluding ortho intramolecular Hbond substituents is 1. The highest BCUT2D eigenvalue weighted by atomic mass is 16.3. The van der Waals surface area contributed by atoms with Crippen LogP contribution in [-0.4, -0.2) is 5.11 Å². The Morgan fingerprint density at radius 2 is 1.65 bits per heavy atom. The van der Waals surface area contributed by atoms with Crippen molar-refractivity contribution in [2.75, 3.05) is 0 Å². The van der Waals surface area contributed by atoms with E-state index in [1.807, 2.05) is 18.2 Å². The van der Waals surface area contributed by atoms with E-state index >= 15 is 0 Å². The number of aromatic hydroxyl groups is 1. The van der Waals surface area contributed by atoms with Crippen molar-refractivity contribution in [2.45, 2.75) is 46.0 Å². The predicted molar refractivity (Wildman–Crippen MR) is 85.4 cm³/mol. The molecular formula is C19H24O. The van der Waals surface area contributed by atoms with Gasteiger partial charge in [0.05, 0.1) is 0 Å². The molecule has 0 aliphatic heterocycles. The van der Waals surface area contributed by atoms with Gasteiger partial charge in [0.1, 0.15) is 5.75 Å². The molecule has 0 fully saturated rings. The summed E-state index contributed by atoms with van der Waals surface area (Å²) in [7, 11) is 0. The second kappa shape index (κ2) is 5.70. The molecule has 0 atom stereocenters. The Bertz CT molecular complexity index is 582. The van der Waals surface area contributed by atoms with Crippen molar-refractivity contribution in [3.05, 3.63) is 64.7 Å². The Hall–Kier alpha value is -1.76. The summed E-state index contributed by atoms with van der Waals surface area (Å²) in [6.07, 6.45) is 2.09. The van der Waals surface area contributed by atoms with Crippen molar-refractivity contribution in [1.82, 2.24) is 0 Å². The summed E-state index contributed by atoms with van der Waals surface area (Å²) in [5, 5.41) is 10.4. The first-order valence-electron chi connectivity index (χ1n) is 7.36. The van der Waals surface area contributed by atoms with E-state index in [0.717, 1.165) is 18.4 Å². The van der Waals surface area contributed by atoms with Crippen LogP contribution in [0.1, 0.15) is 49.4 Å². The molecule has 20 heavy (non-hydrogen) atoms. The fourth-order valence-electron chi connectivity index (χ4n) is 3.01. The molecule has 0 unspecified atom stereocenters. The third-order valence-electron chi connectivity index (χ3n) is 4.15. The van der Waals surface area contributed by atoms with Crippen molar-refractivity contribution < 1.29 is 5.11 Å². The van der Waals surface area contributed by atoms with Gasteiger partial charge in [0, 0.05) is 11.0 Å². The Kier molecular flexibility index (Phi) is 4.17. The van der Waals surface area contributed by atoms with E-state index in [2.05, 4.69) is 52.0 Å². The summed E-state index contributed by atoms with van der Waals surface area (Å²) < 4.78 is 0. The average molecular weight is 268 g/mol. The maximum atomic E-state index is 10.4. The van der Waals surface area contributed by atoms with E-state index in [4.69, 9.17) is 0 Å². The maximum absolute atomic E-state index is 10.4. The SMILES string of the molecule is CCCc1c(C)ccc(O)c1C(C)(C)c1ccccc1. The van der Waals surface area contributed by atoms with Gasteiger partial charge in [0.15, 0.2) is 0 Å². The number of hydrogen-bond donors (Lipinski definition) is 1. The van der Waals surface area contributed by atoms with Crippen LogP contribution in [0, 0.1) is 6.92 Å². The fraction of sp³-hybridized carbons (Fsp3) is 0.368. The summed E-state index contributed by atoms with van der Waals surface area (Å²) in [4.78, 5) is 0. The topological polar surface area (TPSA) is 20.2 Å². The molecule has 2 aromatic carbocycles. The first-order valence-corrected chi connectivity index (χ1v) is 7.36. The quantitative estimate of drug-likeness (QED) is 0.829. The smallest absolute Gasteiger partial charge is 0.119 e. The van der Waals surface area contributed by atoms with Gasteiger partial charge >= 0.3 is 0 Å². The van der Waals surface area contributed by atoms with Crippen LogP contribution in [0.3, 0.4) is 0 Å². The Morgan fingerprint density at radius 3 is 2.25 bits per heavy atom. The number of aryl methyl sites for hydroxylation is 1. The highest BCUT2D eigenvalue weighted by Crippen LogP contribution is 2.40. The van der Waals surface area contributed by atoms with E-state index in [1.54, 1.807) is 0 Å². The van der Waals surface area contributed by atoms with Gasteiger partial charge in [-0.05, 0) is 36.1 Å². The lowest BCUT2D eigenvalue weighted by Gasteiger charge is -2.30. The zero-order valence-corrected chi connectivity index (χ0v) is 12.9. The Labute approximate surface area is 122 Å². The molecule has 2 rings (SSSR count). The van der Waals surface area contributed by atoms with E-state index in [1.165, 1.54) is 16.7 Å². The van der Waals surface area contributed by atoms with E-state index in [9.17, 15) is 5.11 Å². The van der Waals surface area contributed by atoms with Crippen LogP contribution in [0.4, 0.5) is 0 Å². The van der Waals surface area contributed by atoms with Gasteiger partial charge in [-0.25, -0.2) is 0 Å². The van der Waals surface area contributed by atoms with Gasteiger partial charge in [-0.3, -0.25) is 0 Å². The first kappa shape index (κ1) is 14.6. The molecule has 0 radical (unpaired) electrons. The maximum Gasteiger partial charge on any atom is 0.119 e. The summed E-state index contributed by atoms with van der Waals surface area (Å²) in [6.45, 7) is 8.70. The highest BCUT2D eigenvalue weighted by Gasteiger charge is 2.29. The molecule has 0 heterocycles.